The summed E-state index contributed by atoms with van der Waals surface area (Å²) in [6.45, 7) is 0. The van der Waals surface area contributed by atoms with Crippen LogP contribution in [-0.2, 0) is 0 Å². The van der Waals surface area contributed by atoms with E-state index in [4.69, 9.17) is 23.8 Å². The summed E-state index contributed by atoms with van der Waals surface area (Å²) in [5, 5.41) is 13.9. The summed E-state index contributed by atoms with van der Waals surface area (Å²) >= 11 is 0. The summed E-state index contributed by atoms with van der Waals surface area (Å²) in [4.78, 5) is 15.6. The molecular formula is C63H36N4O2. The van der Waals surface area contributed by atoms with Gasteiger partial charge in [0.25, 0.3) is 0 Å². The monoisotopic (exact) mass is 880 g/mol. The molecule has 15 aromatic rings. The molecule has 0 aliphatic carbocycles. The molecule has 320 valence electrons. The summed E-state index contributed by atoms with van der Waals surface area (Å²) in [6.07, 6.45) is 0. The summed E-state index contributed by atoms with van der Waals surface area (Å²) < 4.78 is 15.7. The van der Waals surface area contributed by atoms with Crippen LogP contribution in [0.3, 0.4) is 0 Å². The normalized spacial score (nSPS) is 12.1. The van der Waals surface area contributed by atoms with Gasteiger partial charge < -0.3 is 13.4 Å². The maximum Gasteiger partial charge on any atom is 0.164 e. The van der Waals surface area contributed by atoms with E-state index in [0.29, 0.717) is 17.5 Å². The Labute approximate surface area is 394 Å². The number of hydrogen-bond donors (Lipinski definition) is 0. The fraction of sp³-hybridized carbons (Fsp3) is 0. The summed E-state index contributed by atoms with van der Waals surface area (Å²) in [7, 11) is 0. The molecule has 0 bridgehead atoms. The number of para-hydroxylation sites is 3. The van der Waals surface area contributed by atoms with Crippen molar-refractivity contribution in [1.82, 2.24) is 19.5 Å². The Morgan fingerprint density at radius 3 is 1.72 bits per heavy atom. The molecule has 0 amide bonds. The van der Waals surface area contributed by atoms with Gasteiger partial charge in [0, 0.05) is 71.2 Å². The molecule has 4 heterocycles. The molecule has 0 radical (unpaired) electrons. The van der Waals surface area contributed by atoms with Gasteiger partial charge >= 0.3 is 0 Å². The van der Waals surface area contributed by atoms with E-state index in [1.165, 1.54) is 37.7 Å². The molecule has 0 unspecified atom stereocenters. The molecule has 4 aromatic heterocycles. The zero-order chi connectivity index (χ0) is 45.2. The molecule has 0 atom stereocenters. The molecule has 0 saturated carbocycles. The lowest BCUT2D eigenvalue weighted by Crippen LogP contribution is -2.01. The maximum atomic E-state index is 6.93. The van der Waals surface area contributed by atoms with Crippen molar-refractivity contribution in [3.8, 4) is 51.0 Å². The van der Waals surface area contributed by atoms with E-state index in [9.17, 15) is 0 Å². The Bertz CT molecular complexity index is 4620. The third-order valence-corrected chi connectivity index (χ3v) is 14.0. The smallest absolute Gasteiger partial charge is 0.164 e. The van der Waals surface area contributed by atoms with Crippen molar-refractivity contribution in [1.29, 1.82) is 0 Å². The minimum absolute atomic E-state index is 0.565. The van der Waals surface area contributed by atoms with Gasteiger partial charge in [0.15, 0.2) is 17.5 Å². The van der Waals surface area contributed by atoms with Gasteiger partial charge in [-0.2, -0.15) is 0 Å². The number of benzene rings is 11. The Balaban J connectivity index is 1.01. The van der Waals surface area contributed by atoms with Crippen molar-refractivity contribution in [2.24, 2.45) is 0 Å². The van der Waals surface area contributed by atoms with E-state index in [0.717, 1.165) is 93.8 Å². The van der Waals surface area contributed by atoms with E-state index in [1.807, 2.05) is 54.6 Å². The van der Waals surface area contributed by atoms with E-state index < -0.39 is 0 Å². The molecule has 0 saturated heterocycles. The minimum Gasteiger partial charge on any atom is -0.456 e. The number of furan rings is 2. The molecule has 6 heteroatoms. The van der Waals surface area contributed by atoms with Gasteiger partial charge in [-0.3, -0.25) is 0 Å². The second-order valence-corrected chi connectivity index (χ2v) is 17.8. The highest BCUT2D eigenvalue weighted by Gasteiger charge is 2.24. The third-order valence-electron chi connectivity index (χ3n) is 14.0. The highest BCUT2D eigenvalue weighted by Crippen LogP contribution is 2.47. The Kier molecular flexibility index (Phi) is 7.97. The van der Waals surface area contributed by atoms with Gasteiger partial charge in [0.1, 0.15) is 22.3 Å². The van der Waals surface area contributed by atoms with Crippen LogP contribution in [-0.4, -0.2) is 19.5 Å². The summed E-state index contributed by atoms with van der Waals surface area (Å²) in [5.41, 5.74) is 11.3. The van der Waals surface area contributed by atoms with Gasteiger partial charge in [-0.1, -0.05) is 182 Å². The van der Waals surface area contributed by atoms with Gasteiger partial charge in [0.05, 0.1) is 11.0 Å². The summed E-state index contributed by atoms with van der Waals surface area (Å²) in [5.74, 6) is 1.73. The standard InChI is InChI=1S/C63H36N4O2/c1-2-16-38(17-3-1)61-64-62(66-63(65-61)40-31-33-46-45-23-10-11-30-53(45)68-55(46)36-40)39-18-12-19-41(35-39)67-58-49(50-27-14-29-52-56-42-20-5-4-15-37(42)32-34-54(56)69-60(50)52)26-13-28-51(58)57-47-24-8-6-21-43(47)44-22-7-9-25-48(44)59(57)67/h1-36H. The lowest BCUT2D eigenvalue weighted by molar-refractivity contribution is 0.669. The minimum atomic E-state index is 0.565. The van der Waals surface area contributed by atoms with Crippen LogP contribution >= 0.6 is 0 Å². The third kappa shape index (κ3) is 5.63. The SMILES string of the molecule is c1ccc(-c2nc(-c3cccc(-n4c5c(-c6cccc7c6oc6ccc8ccccc8c67)cccc5c5c6ccccc6c6ccccc6c54)c3)nc(-c3ccc4c(c3)oc3ccccc34)n2)cc1. The van der Waals surface area contributed by atoms with Crippen LogP contribution in [0.2, 0.25) is 0 Å². The predicted octanol–water partition coefficient (Wildman–Crippen LogP) is 16.9. The average Bonchev–Trinajstić information content (AvgIpc) is 4.11. The van der Waals surface area contributed by atoms with Gasteiger partial charge in [0.2, 0.25) is 0 Å². The second-order valence-electron chi connectivity index (χ2n) is 17.8. The highest BCUT2D eigenvalue weighted by molar-refractivity contribution is 6.33. The Hall–Kier alpha value is -9.39. The first-order valence-electron chi connectivity index (χ1n) is 23.3. The van der Waals surface area contributed by atoms with Gasteiger partial charge in [-0.05, 0) is 63.3 Å². The molecular weight excluding hydrogens is 845 g/mol. The van der Waals surface area contributed by atoms with Crippen LogP contribution in [0.5, 0.6) is 0 Å². The van der Waals surface area contributed by atoms with Crippen molar-refractivity contribution >= 4 is 98.0 Å². The maximum absolute atomic E-state index is 6.93. The highest BCUT2D eigenvalue weighted by atomic mass is 16.3. The van der Waals surface area contributed by atoms with E-state index in [-0.39, 0.29) is 0 Å². The Morgan fingerprint density at radius 1 is 0.304 bits per heavy atom. The van der Waals surface area contributed by atoms with Crippen LogP contribution in [0.4, 0.5) is 0 Å². The quantitative estimate of drug-likeness (QED) is 0.161. The fourth-order valence-corrected chi connectivity index (χ4v) is 11.0. The van der Waals surface area contributed by atoms with Crippen LogP contribution in [0.15, 0.2) is 227 Å². The van der Waals surface area contributed by atoms with Gasteiger partial charge in [-0.15, -0.1) is 0 Å². The molecule has 6 nitrogen and oxygen atoms in total. The fourth-order valence-electron chi connectivity index (χ4n) is 11.0. The largest absolute Gasteiger partial charge is 0.456 e. The van der Waals surface area contributed by atoms with Crippen molar-refractivity contribution in [3.05, 3.63) is 218 Å². The lowest BCUT2D eigenvalue weighted by Gasteiger charge is -2.15. The van der Waals surface area contributed by atoms with Crippen molar-refractivity contribution in [2.75, 3.05) is 0 Å². The van der Waals surface area contributed by atoms with Crippen LogP contribution in [0.25, 0.3) is 149 Å². The van der Waals surface area contributed by atoms with Crippen LogP contribution in [0, 0.1) is 0 Å². The first-order valence-corrected chi connectivity index (χ1v) is 23.3. The zero-order valence-corrected chi connectivity index (χ0v) is 36.9. The van der Waals surface area contributed by atoms with Gasteiger partial charge in [-0.25, -0.2) is 15.0 Å². The van der Waals surface area contributed by atoms with Crippen molar-refractivity contribution < 1.29 is 8.83 Å². The molecule has 0 fully saturated rings. The first kappa shape index (κ1) is 37.8. The number of nitrogens with zero attached hydrogens (tertiary/aromatic N) is 4. The Morgan fingerprint density at radius 2 is 0.899 bits per heavy atom. The predicted molar refractivity (Wildman–Crippen MR) is 283 cm³/mol. The topological polar surface area (TPSA) is 69.9 Å². The second kappa shape index (κ2) is 14.6. The van der Waals surface area contributed by atoms with E-state index in [1.54, 1.807) is 0 Å². The zero-order valence-electron chi connectivity index (χ0n) is 36.9. The molecule has 0 aliphatic rings. The molecule has 11 aromatic carbocycles. The molecule has 15 rings (SSSR count). The number of rotatable bonds is 5. The van der Waals surface area contributed by atoms with E-state index >= 15 is 0 Å². The summed E-state index contributed by atoms with van der Waals surface area (Å²) in [6, 6.07) is 76.8. The molecule has 0 spiro atoms. The number of hydrogen-bond acceptors (Lipinski definition) is 5. The van der Waals surface area contributed by atoms with Crippen LogP contribution < -0.4 is 0 Å². The number of aromatic nitrogens is 4. The van der Waals surface area contributed by atoms with Crippen molar-refractivity contribution in [3.63, 3.8) is 0 Å². The first-order chi connectivity index (χ1) is 34.2. The average molecular weight is 881 g/mol. The molecule has 69 heavy (non-hydrogen) atoms. The van der Waals surface area contributed by atoms with Crippen molar-refractivity contribution in [2.45, 2.75) is 0 Å². The van der Waals surface area contributed by atoms with Crippen LogP contribution in [0.1, 0.15) is 0 Å². The van der Waals surface area contributed by atoms with E-state index in [2.05, 4.69) is 168 Å². The molecule has 0 N–H and O–H groups in total. The molecule has 0 aliphatic heterocycles. The lowest BCUT2D eigenvalue weighted by atomic mass is 9.95. The number of fused-ring (bicyclic) bond motifs is 16.